The summed E-state index contributed by atoms with van der Waals surface area (Å²) >= 11 is 0. The standard InChI is InChI=1S/C21H24FN5O5S/c1-13(2)31-21(28)26-8-6-14(7-9-26)32-20-18-19(23-11-24-20)27(12-25-18)17-5-4-15(10-16(17)22)33(3,29)30/h4-5,10-14H,6-9H2,1-3H3. The zero-order valence-electron chi connectivity index (χ0n) is 18.4. The minimum absolute atomic E-state index is 0.103. The number of hydrogen-bond donors (Lipinski definition) is 0. The number of likely N-dealkylation sites (tertiary alicyclic amines) is 1. The molecule has 1 fully saturated rings. The van der Waals surface area contributed by atoms with Gasteiger partial charge in [-0.15, -0.1) is 0 Å². The van der Waals surface area contributed by atoms with Crippen molar-refractivity contribution in [1.82, 2.24) is 24.4 Å². The van der Waals surface area contributed by atoms with Crippen molar-refractivity contribution in [1.29, 1.82) is 0 Å². The number of carbonyl (C=O) groups excluding carboxylic acids is 1. The molecule has 1 saturated heterocycles. The number of piperidine rings is 1. The Balaban J connectivity index is 1.53. The number of nitrogens with zero attached hydrogens (tertiary/aromatic N) is 5. The largest absolute Gasteiger partial charge is 0.473 e. The molecule has 1 aromatic carbocycles. The average Bonchev–Trinajstić information content (AvgIpc) is 3.18. The fourth-order valence-electron chi connectivity index (χ4n) is 3.58. The van der Waals surface area contributed by atoms with Gasteiger partial charge in [-0.3, -0.25) is 4.57 Å². The van der Waals surface area contributed by atoms with Gasteiger partial charge in [-0.25, -0.2) is 27.6 Å². The average molecular weight is 478 g/mol. The van der Waals surface area contributed by atoms with Crippen molar-refractivity contribution in [3.63, 3.8) is 0 Å². The highest BCUT2D eigenvalue weighted by Crippen LogP contribution is 2.27. The fraction of sp³-hybridized carbons (Fsp3) is 0.429. The monoisotopic (exact) mass is 477 g/mol. The van der Waals surface area contributed by atoms with Crippen LogP contribution in [0, 0.1) is 5.82 Å². The van der Waals surface area contributed by atoms with Gasteiger partial charge in [0.2, 0.25) is 5.88 Å². The fourth-order valence-corrected chi connectivity index (χ4v) is 4.21. The van der Waals surface area contributed by atoms with E-state index in [1.165, 1.54) is 29.4 Å². The molecular weight excluding hydrogens is 453 g/mol. The van der Waals surface area contributed by atoms with Crippen LogP contribution in [-0.4, -0.2) is 70.5 Å². The van der Waals surface area contributed by atoms with Crippen molar-refractivity contribution in [3.8, 4) is 11.6 Å². The Morgan fingerprint density at radius 2 is 1.91 bits per heavy atom. The van der Waals surface area contributed by atoms with Crippen molar-refractivity contribution < 1.29 is 27.1 Å². The van der Waals surface area contributed by atoms with Crippen LogP contribution in [0.25, 0.3) is 16.9 Å². The quantitative estimate of drug-likeness (QED) is 0.551. The summed E-state index contributed by atoms with van der Waals surface area (Å²) in [6.07, 6.45) is 4.20. The molecule has 12 heteroatoms. The summed E-state index contributed by atoms with van der Waals surface area (Å²) < 4.78 is 50.7. The summed E-state index contributed by atoms with van der Waals surface area (Å²) in [5.74, 6) is -0.464. The first-order chi connectivity index (χ1) is 15.6. The molecule has 1 aliphatic rings. The molecular formula is C21H24FN5O5S. The Kier molecular flexibility index (Phi) is 6.19. The molecule has 0 radical (unpaired) electrons. The molecule has 4 rings (SSSR count). The Hall–Kier alpha value is -3.28. The lowest BCUT2D eigenvalue weighted by atomic mass is 10.1. The zero-order chi connectivity index (χ0) is 23.8. The molecule has 0 N–H and O–H groups in total. The second kappa shape index (κ2) is 8.93. The number of halogens is 1. The Bertz CT molecular complexity index is 1290. The number of fused-ring (bicyclic) bond motifs is 1. The number of benzene rings is 1. The molecule has 2 aromatic heterocycles. The normalized spacial score (nSPS) is 15.2. The smallest absolute Gasteiger partial charge is 0.410 e. The van der Waals surface area contributed by atoms with Gasteiger partial charge in [0.15, 0.2) is 21.0 Å². The molecule has 0 aliphatic carbocycles. The first-order valence-electron chi connectivity index (χ1n) is 10.4. The van der Waals surface area contributed by atoms with E-state index >= 15 is 0 Å². The van der Waals surface area contributed by atoms with Gasteiger partial charge in [0.25, 0.3) is 0 Å². The van der Waals surface area contributed by atoms with Crippen LogP contribution in [0.2, 0.25) is 0 Å². The topological polar surface area (TPSA) is 117 Å². The lowest BCUT2D eigenvalue weighted by Crippen LogP contribution is -2.42. The van der Waals surface area contributed by atoms with E-state index in [1.54, 1.807) is 18.7 Å². The third kappa shape index (κ3) is 4.90. The predicted molar refractivity (Wildman–Crippen MR) is 117 cm³/mol. The van der Waals surface area contributed by atoms with Crippen molar-refractivity contribution in [3.05, 3.63) is 36.7 Å². The van der Waals surface area contributed by atoms with Gasteiger partial charge >= 0.3 is 6.09 Å². The van der Waals surface area contributed by atoms with Crippen LogP contribution in [0.15, 0.2) is 35.7 Å². The van der Waals surface area contributed by atoms with E-state index in [2.05, 4.69) is 15.0 Å². The summed E-state index contributed by atoms with van der Waals surface area (Å²) in [7, 11) is -3.53. The van der Waals surface area contributed by atoms with Crippen molar-refractivity contribution in [2.75, 3.05) is 19.3 Å². The maximum atomic E-state index is 14.7. The highest BCUT2D eigenvalue weighted by atomic mass is 32.2. The first kappa shape index (κ1) is 22.9. The Labute approximate surface area is 190 Å². The van der Waals surface area contributed by atoms with Gasteiger partial charge < -0.3 is 14.4 Å². The SMILES string of the molecule is CC(C)OC(=O)N1CCC(Oc2ncnc3c2ncn3-c2ccc(S(C)(=O)=O)cc2F)CC1. The lowest BCUT2D eigenvalue weighted by molar-refractivity contribution is 0.0510. The number of hydrogen-bond acceptors (Lipinski definition) is 8. The number of aromatic nitrogens is 4. The number of imidazole rings is 1. The summed E-state index contributed by atoms with van der Waals surface area (Å²) in [6.45, 7) is 4.60. The molecule has 0 atom stereocenters. The van der Waals surface area contributed by atoms with Gasteiger partial charge in [-0.1, -0.05) is 0 Å². The summed E-state index contributed by atoms with van der Waals surface area (Å²) in [6, 6.07) is 3.66. The second-order valence-electron chi connectivity index (χ2n) is 8.09. The molecule has 10 nitrogen and oxygen atoms in total. The van der Waals surface area contributed by atoms with E-state index in [1.807, 2.05) is 0 Å². The van der Waals surface area contributed by atoms with Crippen LogP contribution in [0.1, 0.15) is 26.7 Å². The molecule has 1 amide bonds. The van der Waals surface area contributed by atoms with Crippen molar-refractivity contribution >= 4 is 27.1 Å². The Morgan fingerprint density at radius 3 is 2.55 bits per heavy atom. The lowest BCUT2D eigenvalue weighted by Gasteiger charge is -2.31. The minimum atomic E-state index is -3.53. The van der Waals surface area contributed by atoms with Crippen LogP contribution in [0.3, 0.4) is 0 Å². The molecule has 33 heavy (non-hydrogen) atoms. The number of ether oxygens (including phenoxy) is 2. The summed E-state index contributed by atoms with van der Waals surface area (Å²) in [4.78, 5) is 26.3. The number of rotatable bonds is 5. The maximum Gasteiger partial charge on any atom is 0.410 e. The third-order valence-electron chi connectivity index (χ3n) is 5.22. The highest BCUT2D eigenvalue weighted by molar-refractivity contribution is 7.90. The summed E-state index contributed by atoms with van der Waals surface area (Å²) in [5.41, 5.74) is 0.779. The first-order valence-corrected chi connectivity index (χ1v) is 12.3. The number of carbonyl (C=O) groups is 1. The zero-order valence-corrected chi connectivity index (χ0v) is 19.2. The van der Waals surface area contributed by atoms with E-state index in [9.17, 15) is 17.6 Å². The van der Waals surface area contributed by atoms with E-state index in [-0.39, 0.29) is 34.8 Å². The van der Waals surface area contributed by atoms with Crippen LogP contribution in [-0.2, 0) is 14.6 Å². The molecule has 1 aliphatic heterocycles. The van der Waals surface area contributed by atoms with Gasteiger partial charge in [0.1, 0.15) is 24.6 Å². The van der Waals surface area contributed by atoms with Gasteiger partial charge in [0.05, 0.1) is 16.7 Å². The molecule has 0 bridgehead atoms. The molecule has 176 valence electrons. The highest BCUT2D eigenvalue weighted by Gasteiger charge is 2.27. The van der Waals surface area contributed by atoms with E-state index in [4.69, 9.17) is 9.47 Å². The third-order valence-corrected chi connectivity index (χ3v) is 6.33. The van der Waals surface area contributed by atoms with Gasteiger partial charge in [-0.2, -0.15) is 4.98 Å². The number of amides is 1. The van der Waals surface area contributed by atoms with Crippen LogP contribution in [0.5, 0.6) is 5.88 Å². The van der Waals surface area contributed by atoms with Crippen molar-refractivity contribution in [2.45, 2.75) is 43.8 Å². The van der Waals surface area contributed by atoms with Crippen LogP contribution >= 0.6 is 0 Å². The second-order valence-corrected chi connectivity index (χ2v) is 10.1. The molecule has 0 unspecified atom stereocenters. The summed E-state index contributed by atoms with van der Waals surface area (Å²) in [5, 5.41) is 0. The van der Waals surface area contributed by atoms with E-state index < -0.39 is 15.7 Å². The van der Waals surface area contributed by atoms with E-state index in [0.29, 0.717) is 37.1 Å². The maximum absolute atomic E-state index is 14.7. The van der Waals surface area contributed by atoms with Gasteiger partial charge in [0, 0.05) is 32.2 Å². The van der Waals surface area contributed by atoms with E-state index in [0.717, 1.165) is 12.3 Å². The molecule has 3 heterocycles. The molecule has 0 saturated carbocycles. The number of sulfone groups is 1. The van der Waals surface area contributed by atoms with Crippen molar-refractivity contribution in [2.24, 2.45) is 0 Å². The van der Waals surface area contributed by atoms with Gasteiger partial charge in [-0.05, 0) is 32.0 Å². The van der Waals surface area contributed by atoms with Crippen LogP contribution < -0.4 is 4.74 Å². The molecule has 0 spiro atoms. The van der Waals surface area contributed by atoms with Crippen LogP contribution in [0.4, 0.5) is 9.18 Å². The molecule has 3 aromatic rings. The Morgan fingerprint density at radius 1 is 1.18 bits per heavy atom. The minimum Gasteiger partial charge on any atom is -0.473 e. The predicted octanol–water partition coefficient (Wildman–Crippen LogP) is 2.75.